The topological polar surface area (TPSA) is 81.1 Å². The summed E-state index contributed by atoms with van der Waals surface area (Å²) in [6.07, 6.45) is 22.5. The predicted octanol–water partition coefficient (Wildman–Crippen LogP) is 7.46. The second-order valence-corrected chi connectivity index (χ2v) is 11.3. The van der Waals surface area contributed by atoms with Gasteiger partial charge in [0.15, 0.2) is 0 Å². The van der Waals surface area contributed by atoms with Crippen LogP contribution in [0, 0.1) is 0 Å². The van der Waals surface area contributed by atoms with E-state index < -0.39 is 11.9 Å². The lowest BCUT2D eigenvalue weighted by Gasteiger charge is -2.20. The Morgan fingerprint density at radius 1 is 0.938 bits per heavy atom. The van der Waals surface area contributed by atoms with Crippen LogP contribution in [0.2, 0.25) is 0 Å². The van der Waals surface area contributed by atoms with E-state index in [9.17, 15) is 9.90 Å². The standard InChI is InChI=1S/C25H46BrN3O2S/c1-3-4-5-6-7-8-9-10-11-12-13-14-15-16-17-18-19-32-21(2)24(30)29-20-22(26)23(27)28-25(29)31/h20-21,24,30H,3-19H2,1-2H3,(H2,27,28,31). The third-order valence-electron chi connectivity index (χ3n) is 6.02. The largest absolute Gasteiger partial charge is 0.383 e. The molecule has 1 rings (SSSR count). The summed E-state index contributed by atoms with van der Waals surface area (Å²) in [7, 11) is 0. The smallest absolute Gasteiger partial charge is 0.351 e. The van der Waals surface area contributed by atoms with E-state index >= 15 is 0 Å². The minimum atomic E-state index is -0.905. The zero-order chi connectivity index (χ0) is 23.6. The number of thioether (sulfide) groups is 1. The number of hydrogen-bond acceptors (Lipinski definition) is 5. The molecule has 0 amide bonds. The summed E-state index contributed by atoms with van der Waals surface area (Å²) in [5, 5.41) is 10.4. The lowest BCUT2D eigenvalue weighted by atomic mass is 10.0. The predicted molar refractivity (Wildman–Crippen MR) is 143 cm³/mol. The second-order valence-electron chi connectivity index (χ2n) is 8.96. The fraction of sp³-hybridized carbons (Fsp3) is 0.840. The van der Waals surface area contributed by atoms with Gasteiger partial charge in [-0.2, -0.15) is 16.7 Å². The van der Waals surface area contributed by atoms with Crippen molar-refractivity contribution < 1.29 is 5.11 Å². The summed E-state index contributed by atoms with van der Waals surface area (Å²) in [6.45, 7) is 4.22. The monoisotopic (exact) mass is 531 g/mol. The second kappa shape index (κ2) is 18.8. The van der Waals surface area contributed by atoms with Crippen molar-refractivity contribution in [1.29, 1.82) is 0 Å². The molecule has 0 bridgehead atoms. The molecule has 2 atom stereocenters. The van der Waals surface area contributed by atoms with E-state index in [-0.39, 0.29) is 11.1 Å². The fourth-order valence-corrected chi connectivity index (χ4v) is 5.23. The summed E-state index contributed by atoms with van der Waals surface area (Å²) in [5.41, 5.74) is 5.09. The molecule has 7 heteroatoms. The Balaban J connectivity index is 1.94. The highest BCUT2D eigenvalue weighted by Crippen LogP contribution is 2.24. The Kier molecular flexibility index (Phi) is 17.4. The van der Waals surface area contributed by atoms with Gasteiger partial charge in [0, 0.05) is 11.4 Å². The summed E-state index contributed by atoms with van der Waals surface area (Å²) in [6, 6.07) is 0. The van der Waals surface area contributed by atoms with Crippen LogP contribution in [0.1, 0.15) is 123 Å². The van der Waals surface area contributed by atoms with Crippen LogP contribution in [0.15, 0.2) is 15.5 Å². The number of nitrogen functional groups attached to an aromatic ring is 1. The number of hydrogen-bond donors (Lipinski definition) is 2. The van der Waals surface area contributed by atoms with Crippen molar-refractivity contribution in [3.8, 4) is 0 Å². The molecule has 1 aromatic rings. The third kappa shape index (κ3) is 13.2. The first-order valence-electron chi connectivity index (χ1n) is 12.8. The van der Waals surface area contributed by atoms with E-state index in [2.05, 4.69) is 27.8 Å². The van der Waals surface area contributed by atoms with Crippen molar-refractivity contribution in [1.82, 2.24) is 9.55 Å². The molecule has 0 aromatic carbocycles. The molecular formula is C25H46BrN3O2S. The zero-order valence-electron chi connectivity index (χ0n) is 20.4. The number of aliphatic hydroxyl groups is 1. The van der Waals surface area contributed by atoms with Crippen LogP contribution < -0.4 is 11.4 Å². The van der Waals surface area contributed by atoms with Gasteiger partial charge in [0.2, 0.25) is 0 Å². The lowest BCUT2D eigenvalue weighted by Crippen LogP contribution is -2.32. The molecule has 0 aliphatic rings. The molecule has 2 unspecified atom stereocenters. The SMILES string of the molecule is CCCCCCCCCCCCCCCCCCSC(C)C(O)n1cc(Br)c(N)nc1=O. The van der Waals surface area contributed by atoms with Crippen LogP contribution in [0.5, 0.6) is 0 Å². The van der Waals surface area contributed by atoms with Gasteiger partial charge in [-0.25, -0.2) is 4.79 Å². The summed E-state index contributed by atoms with van der Waals surface area (Å²) in [4.78, 5) is 15.7. The van der Waals surface area contributed by atoms with Crippen LogP contribution in [-0.4, -0.2) is 25.7 Å². The van der Waals surface area contributed by atoms with Gasteiger partial charge in [0.05, 0.1) is 4.47 Å². The third-order valence-corrected chi connectivity index (χ3v) is 7.92. The van der Waals surface area contributed by atoms with Crippen LogP contribution in [0.4, 0.5) is 5.82 Å². The van der Waals surface area contributed by atoms with Gasteiger partial charge >= 0.3 is 5.69 Å². The van der Waals surface area contributed by atoms with Crippen LogP contribution in [-0.2, 0) is 0 Å². The average Bonchev–Trinajstić information content (AvgIpc) is 2.77. The minimum Gasteiger partial charge on any atom is -0.383 e. The lowest BCUT2D eigenvalue weighted by molar-refractivity contribution is 0.100. The summed E-state index contributed by atoms with van der Waals surface area (Å²) < 4.78 is 1.76. The molecule has 0 aliphatic carbocycles. The molecule has 0 saturated carbocycles. The van der Waals surface area contributed by atoms with Crippen molar-refractivity contribution in [2.45, 2.75) is 128 Å². The van der Waals surface area contributed by atoms with Crippen molar-refractivity contribution in [2.75, 3.05) is 11.5 Å². The molecule has 1 heterocycles. The average molecular weight is 533 g/mol. The number of aliphatic hydroxyl groups excluding tert-OH is 1. The maximum atomic E-state index is 12.0. The number of anilines is 1. The molecule has 186 valence electrons. The molecule has 32 heavy (non-hydrogen) atoms. The molecule has 0 aliphatic heterocycles. The van der Waals surface area contributed by atoms with Gasteiger partial charge in [-0.1, -0.05) is 103 Å². The van der Waals surface area contributed by atoms with E-state index in [1.54, 1.807) is 11.8 Å². The van der Waals surface area contributed by atoms with Gasteiger partial charge in [0.1, 0.15) is 12.0 Å². The van der Waals surface area contributed by atoms with Crippen molar-refractivity contribution in [3.63, 3.8) is 0 Å². The summed E-state index contributed by atoms with van der Waals surface area (Å²) >= 11 is 4.96. The van der Waals surface area contributed by atoms with Gasteiger partial charge < -0.3 is 10.8 Å². The highest BCUT2D eigenvalue weighted by atomic mass is 79.9. The van der Waals surface area contributed by atoms with E-state index in [0.29, 0.717) is 4.47 Å². The normalized spacial score (nSPS) is 13.4. The van der Waals surface area contributed by atoms with E-state index in [0.717, 1.165) is 12.2 Å². The Bertz CT molecular complexity index is 657. The number of rotatable bonds is 20. The van der Waals surface area contributed by atoms with Gasteiger partial charge in [-0.3, -0.25) is 4.57 Å². The van der Waals surface area contributed by atoms with E-state index in [4.69, 9.17) is 5.73 Å². The fourth-order valence-electron chi connectivity index (χ4n) is 3.88. The number of nitrogens with two attached hydrogens (primary N) is 1. The Morgan fingerprint density at radius 3 is 1.84 bits per heavy atom. The van der Waals surface area contributed by atoms with Crippen LogP contribution in [0.25, 0.3) is 0 Å². The maximum absolute atomic E-state index is 12.0. The first-order valence-corrected chi connectivity index (χ1v) is 14.6. The summed E-state index contributed by atoms with van der Waals surface area (Å²) in [5.74, 6) is 1.14. The minimum absolute atomic E-state index is 0.0821. The highest BCUT2D eigenvalue weighted by molar-refractivity contribution is 9.10. The maximum Gasteiger partial charge on any atom is 0.351 e. The van der Waals surface area contributed by atoms with Gasteiger partial charge in [-0.15, -0.1) is 0 Å². The Labute approximate surface area is 208 Å². The quantitative estimate of drug-likeness (QED) is 0.170. The number of halogens is 1. The Hall–Kier alpha value is -0.530. The molecular weight excluding hydrogens is 486 g/mol. The van der Waals surface area contributed by atoms with E-state index in [1.807, 2.05) is 6.92 Å². The van der Waals surface area contributed by atoms with Crippen LogP contribution >= 0.6 is 27.7 Å². The number of aromatic nitrogens is 2. The first kappa shape index (κ1) is 29.5. The highest BCUT2D eigenvalue weighted by Gasteiger charge is 2.19. The zero-order valence-corrected chi connectivity index (χ0v) is 22.8. The van der Waals surface area contributed by atoms with Crippen molar-refractivity contribution >= 4 is 33.5 Å². The molecule has 0 fully saturated rings. The molecule has 3 N–H and O–H groups in total. The number of nitrogens with zero attached hydrogens (tertiary/aromatic N) is 2. The molecule has 0 radical (unpaired) electrons. The van der Waals surface area contributed by atoms with Gasteiger partial charge in [-0.05, 0) is 35.0 Å². The van der Waals surface area contributed by atoms with Crippen molar-refractivity contribution in [2.24, 2.45) is 0 Å². The van der Waals surface area contributed by atoms with Crippen molar-refractivity contribution in [3.05, 3.63) is 21.2 Å². The molecule has 1 aromatic heterocycles. The van der Waals surface area contributed by atoms with Crippen LogP contribution in [0.3, 0.4) is 0 Å². The van der Waals surface area contributed by atoms with E-state index in [1.165, 1.54) is 107 Å². The first-order chi connectivity index (χ1) is 15.5. The molecule has 0 spiro atoms. The van der Waals surface area contributed by atoms with Gasteiger partial charge in [0.25, 0.3) is 0 Å². The number of unbranched alkanes of at least 4 members (excludes halogenated alkanes) is 15. The molecule has 0 saturated heterocycles. The molecule has 5 nitrogen and oxygen atoms in total. The Morgan fingerprint density at radius 2 is 1.38 bits per heavy atom.